The molecule has 2 aliphatic heterocycles. The van der Waals surface area contributed by atoms with Gasteiger partial charge in [-0.2, -0.15) is 0 Å². The number of nitrogens with zero attached hydrogens (tertiary/aromatic N) is 3. The number of likely N-dealkylation sites (tertiary alicyclic amines) is 1. The lowest BCUT2D eigenvalue weighted by atomic mass is 10.1. The van der Waals surface area contributed by atoms with Crippen LogP contribution in [0.2, 0.25) is 0 Å². The molecule has 0 aliphatic carbocycles. The van der Waals surface area contributed by atoms with Crippen molar-refractivity contribution in [3.8, 4) is 11.3 Å². The number of fused-ring (bicyclic) bond motifs is 3. The third-order valence-corrected chi connectivity index (χ3v) is 7.71. The molecule has 35 heavy (non-hydrogen) atoms. The number of para-hydroxylation sites is 1. The van der Waals surface area contributed by atoms with Gasteiger partial charge in [-0.3, -0.25) is 4.79 Å². The van der Waals surface area contributed by atoms with Gasteiger partial charge in [0.15, 0.2) is 0 Å². The monoisotopic (exact) mass is 492 g/mol. The highest BCUT2D eigenvalue weighted by atomic mass is 32.2. The Balaban J connectivity index is 1.25. The molecule has 2 aromatic carbocycles. The van der Waals surface area contributed by atoms with Crippen molar-refractivity contribution in [1.29, 1.82) is 0 Å². The van der Waals surface area contributed by atoms with Crippen molar-refractivity contribution < 1.29 is 13.2 Å². The quantitative estimate of drug-likeness (QED) is 0.414. The molecule has 1 fully saturated rings. The van der Waals surface area contributed by atoms with Crippen molar-refractivity contribution in [2.24, 2.45) is 0 Å². The van der Waals surface area contributed by atoms with E-state index >= 15 is 0 Å². The van der Waals surface area contributed by atoms with Crippen LogP contribution in [0.1, 0.15) is 24.8 Å². The van der Waals surface area contributed by atoms with Gasteiger partial charge in [0.05, 0.1) is 22.7 Å². The molecule has 1 saturated heterocycles. The van der Waals surface area contributed by atoms with Crippen LogP contribution in [0.4, 0.5) is 17.3 Å². The predicted molar refractivity (Wildman–Crippen MR) is 135 cm³/mol. The summed E-state index contributed by atoms with van der Waals surface area (Å²) in [5.41, 5.74) is 3.64. The molecule has 0 saturated carbocycles. The van der Waals surface area contributed by atoms with E-state index in [0.717, 1.165) is 37.2 Å². The fourth-order valence-corrected chi connectivity index (χ4v) is 5.51. The molecule has 3 N–H and O–H groups in total. The second kappa shape index (κ2) is 10.1. The topological polar surface area (TPSA) is 116 Å². The van der Waals surface area contributed by atoms with Gasteiger partial charge in [-0.05, 0) is 69.2 Å². The molecule has 9 nitrogen and oxygen atoms in total. The molecular weight excluding hydrogens is 464 g/mol. The normalized spacial score (nSPS) is 15.7. The van der Waals surface area contributed by atoms with Crippen molar-refractivity contribution in [2.75, 3.05) is 36.8 Å². The summed E-state index contributed by atoms with van der Waals surface area (Å²) in [7, 11) is -3.57. The maximum Gasteiger partial charge on any atom is 0.240 e. The van der Waals surface area contributed by atoms with E-state index < -0.39 is 10.0 Å². The van der Waals surface area contributed by atoms with Gasteiger partial charge < -0.3 is 15.5 Å². The third kappa shape index (κ3) is 5.50. The zero-order valence-electron chi connectivity index (χ0n) is 19.3. The van der Waals surface area contributed by atoms with Gasteiger partial charge in [-0.15, -0.1) is 0 Å². The highest BCUT2D eigenvalue weighted by Gasteiger charge is 2.21. The number of benzene rings is 2. The number of carbonyl (C=O) groups is 1. The minimum absolute atomic E-state index is 0.109. The summed E-state index contributed by atoms with van der Waals surface area (Å²) in [5.74, 6) is 0.255. The number of anilines is 3. The zero-order chi connectivity index (χ0) is 24.3. The largest absolute Gasteiger partial charge is 0.325 e. The number of aromatic nitrogens is 2. The Hall–Kier alpha value is -3.34. The second-order valence-electron chi connectivity index (χ2n) is 8.79. The van der Waals surface area contributed by atoms with E-state index in [4.69, 9.17) is 0 Å². The maximum absolute atomic E-state index is 12.6. The van der Waals surface area contributed by atoms with E-state index in [9.17, 15) is 13.2 Å². The Labute approximate surface area is 205 Å². The van der Waals surface area contributed by atoms with Crippen molar-refractivity contribution in [2.45, 2.75) is 30.6 Å². The van der Waals surface area contributed by atoms with Crippen LogP contribution in [-0.2, 0) is 21.2 Å². The number of nitrogens with one attached hydrogen (secondary N) is 3. The average Bonchev–Trinajstić information content (AvgIpc) is 3.32. The van der Waals surface area contributed by atoms with E-state index in [1.165, 1.54) is 12.8 Å². The van der Waals surface area contributed by atoms with Gasteiger partial charge in [-0.1, -0.05) is 18.2 Å². The second-order valence-corrected chi connectivity index (χ2v) is 10.6. The highest BCUT2D eigenvalue weighted by molar-refractivity contribution is 7.89. The van der Waals surface area contributed by atoms with Gasteiger partial charge in [0, 0.05) is 29.6 Å². The SMILES string of the molecule is O=C1Cc2cnc(Nc3ccc(S(=O)(=O)NCCCN4CCCC4)cc3)nc2-c2ccccc2N1. The van der Waals surface area contributed by atoms with Gasteiger partial charge in [-0.25, -0.2) is 23.1 Å². The maximum atomic E-state index is 12.6. The lowest BCUT2D eigenvalue weighted by molar-refractivity contribution is -0.115. The summed E-state index contributed by atoms with van der Waals surface area (Å²) in [6.07, 6.45) is 5.09. The van der Waals surface area contributed by atoms with Crippen molar-refractivity contribution in [3.05, 3.63) is 60.3 Å². The molecule has 0 unspecified atom stereocenters. The van der Waals surface area contributed by atoms with E-state index in [0.29, 0.717) is 29.6 Å². The van der Waals surface area contributed by atoms with Crippen molar-refractivity contribution in [1.82, 2.24) is 19.6 Å². The molecule has 3 aromatic rings. The summed E-state index contributed by atoms with van der Waals surface area (Å²) >= 11 is 0. The molecule has 2 aliphatic rings. The molecule has 3 heterocycles. The van der Waals surface area contributed by atoms with Crippen molar-refractivity contribution in [3.63, 3.8) is 0 Å². The Kier molecular flexibility index (Phi) is 6.76. The molecular formula is C25H28N6O3S. The fourth-order valence-electron chi connectivity index (χ4n) is 4.44. The minimum Gasteiger partial charge on any atom is -0.325 e. The molecule has 182 valence electrons. The van der Waals surface area contributed by atoms with Gasteiger partial charge in [0.2, 0.25) is 21.9 Å². The average molecular weight is 493 g/mol. The molecule has 1 amide bonds. The smallest absolute Gasteiger partial charge is 0.240 e. The molecule has 0 bridgehead atoms. The molecule has 0 spiro atoms. The first kappa shape index (κ1) is 23.4. The van der Waals surface area contributed by atoms with Gasteiger partial charge in [0.1, 0.15) is 0 Å². The first-order valence-electron chi connectivity index (χ1n) is 11.8. The van der Waals surface area contributed by atoms with E-state index in [2.05, 4.69) is 30.2 Å². The van der Waals surface area contributed by atoms with Crippen LogP contribution in [0.3, 0.4) is 0 Å². The first-order chi connectivity index (χ1) is 17.0. The standard InChI is InChI=1S/C25H28N6O3S/c32-23-16-18-17-26-25(30-24(18)21-6-1-2-7-22(21)29-23)28-19-8-10-20(11-9-19)35(33,34)27-12-5-15-31-13-3-4-14-31/h1-2,6-11,17,27H,3-5,12-16H2,(H,29,32)(H,26,28,30). The third-order valence-electron chi connectivity index (χ3n) is 6.23. The summed E-state index contributed by atoms with van der Waals surface area (Å²) in [4.78, 5) is 23.8. The summed E-state index contributed by atoms with van der Waals surface area (Å²) in [5, 5.41) is 6.03. The van der Waals surface area contributed by atoms with Gasteiger partial charge in [0.25, 0.3) is 0 Å². The summed E-state index contributed by atoms with van der Waals surface area (Å²) < 4.78 is 28.0. The number of carbonyl (C=O) groups excluding carboxylic acids is 1. The van der Waals surface area contributed by atoms with Crippen LogP contribution >= 0.6 is 0 Å². The fraction of sp³-hybridized carbons (Fsp3) is 0.320. The zero-order valence-corrected chi connectivity index (χ0v) is 20.1. The summed E-state index contributed by atoms with van der Waals surface area (Å²) in [6, 6.07) is 14.0. The first-order valence-corrected chi connectivity index (χ1v) is 13.3. The van der Waals surface area contributed by atoms with Crippen LogP contribution < -0.4 is 15.4 Å². The number of hydrogen-bond acceptors (Lipinski definition) is 7. The molecule has 5 rings (SSSR count). The predicted octanol–water partition coefficient (Wildman–Crippen LogP) is 3.15. The van der Waals surface area contributed by atoms with Crippen molar-refractivity contribution >= 4 is 33.3 Å². The Morgan fingerprint density at radius 3 is 2.60 bits per heavy atom. The number of rotatable bonds is 8. The van der Waals surface area contributed by atoms with E-state index in [1.807, 2.05) is 24.3 Å². The van der Waals surface area contributed by atoms with Crippen LogP contribution in [0.25, 0.3) is 11.3 Å². The molecule has 0 radical (unpaired) electrons. The Morgan fingerprint density at radius 1 is 1.03 bits per heavy atom. The van der Waals surface area contributed by atoms with Gasteiger partial charge >= 0.3 is 0 Å². The van der Waals surface area contributed by atoms with Crippen LogP contribution in [0.15, 0.2) is 59.6 Å². The summed E-state index contributed by atoms with van der Waals surface area (Å²) in [6.45, 7) is 3.55. The molecule has 0 atom stereocenters. The molecule has 1 aromatic heterocycles. The van der Waals surface area contributed by atoms with Crippen LogP contribution in [0, 0.1) is 0 Å². The van der Waals surface area contributed by atoms with E-state index in [1.54, 1.807) is 30.5 Å². The lowest BCUT2D eigenvalue weighted by Crippen LogP contribution is -2.28. The number of hydrogen-bond donors (Lipinski definition) is 3. The molecule has 10 heteroatoms. The minimum atomic E-state index is -3.57. The Bertz CT molecular complexity index is 1320. The van der Waals surface area contributed by atoms with Crippen LogP contribution in [-0.4, -0.2) is 55.4 Å². The van der Waals surface area contributed by atoms with E-state index in [-0.39, 0.29) is 17.2 Å². The number of sulfonamides is 1. The lowest BCUT2D eigenvalue weighted by Gasteiger charge is -2.14. The van der Waals surface area contributed by atoms with Crippen LogP contribution in [0.5, 0.6) is 0 Å². The Morgan fingerprint density at radius 2 is 1.80 bits per heavy atom. The highest BCUT2D eigenvalue weighted by Crippen LogP contribution is 2.32. The number of amides is 1.